The van der Waals surface area contributed by atoms with Crippen LogP contribution in [0.1, 0.15) is 25.8 Å². The van der Waals surface area contributed by atoms with Gasteiger partial charge in [-0.2, -0.15) is 0 Å². The zero-order valence-corrected chi connectivity index (χ0v) is 15.1. The number of nitrogens with zero attached hydrogens (tertiary/aromatic N) is 2. The predicted octanol–water partition coefficient (Wildman–Crippen LogP) is 0.954. The minimum atomic E-state index is -3.16. The van der Waals surface area contributed by atoms with Crippen molar-refractivity contribution in [3.63, 3.8) is 0 Å². The first-order chi connectivity index (χ1) is 11.6. The molecule has 1 aliphatic heterocycles. The van der Waals surface area contributed by atoms with Crippen LogP contribution in [0.4, 0.5) is 0 Å². The second-order valence-electron chi connectivity index (χ2n) is 7.50. The standard InChI is InChI=1S/C17H22N2O5S/c1-17(2)13(14(17)16(21)22)15(20)19(9-11-4-3-6-18-8-11)12-5-7-25(23,24)10-12/h3-4,6,8,12-14H,5,7,9-10H2,1-2H3,(H,21,22)/t12?,13-,14+/m1/s1. The van der Waals surface area contributed by atoms with Crippen molar-refractivity contribution < 1.29 is 23.1 Å². The number of aliphatic carboxylic acids is 1. The summed E-state index contributed by atoms with van der Waals surface area (Å²) in [5.74, 6) is -2.61. The normalized spacial score (nSPS) is 29.1. The average molecular weight is 366 g/mol. The smallest absolute Gasteiger partial charge is 0.307 e. The van der Waals surface area contributed by atoms with Crippen molar-refractivity contribution in [2.75, 3.05) is 11.5 Å². The summed E-state index contributed by atoms with van der Waals surface area (Å²) in [4.78, 5) is 30.1. The van der Waals surface area contributed by atoms with Gasteiger partial charge in [-0.15, -0.1) is 0 Å². The third-order valence-corrected chi connectivity index (χ3v) is 7.12. The lowest BCUT2D eigenvalue weighted by Crippen LogP contribution is -2.42. The van der Waals surface area contributed by atoms with Crippen LogP contribution in [-0.4, -0.2) is 52.8 Å². The number of carbonyl (C=O) groups excluding carboxylic acids is 1. The van der Waals surface area contributed by atoms with Gasteiger partial charge in [0.15, 0.2) is 9.84 Å². The van der Waals surface area contributed by atoms with Crippen molar-refractivity contribution in [2.24, 2.45) is 17.3 Å². The Labute approximate surface area is 147 Å². The van der Waals surface area contributed by atoms with E-state index in [2.05, 4.69) is 4.98 Å². The fourth-order valence-corrected chi connectivity index (χ4v) is 5.57. The monoisotopic (exact) mass is 366 g/mol. The van der Waals surface area contributed by atoms with Crippen molar-refractivity contribution in [3.8, 4) is 0 Å². The minimum absolute atomic E-state index is 0.0604. The Morgan fingerprint density at radius 2 is 2.08 bits per heavy atom. The topological polar surface area (TPSA) is 105 Å². The van der Waals surface area contributed by atoms with Crippen LogP contribution in [0.3, 0.4) is 0 Å². The highest BCUT2D eigenvalue weighted by atomic mass is 32.2. The van der Waals surface area contributed by atoms with E-state index in [-0.39, 0.29) is 24.0 Å². The zero-order valence-electron chi connectivity index (χ0n) is 14.3. The lowest BCUT2D eigenvalue weighted by atomic mass is 10.1. The van der Waals surface area contributed by atoms with Gasteiger partial charge in [-0.1, -0.05) is 19.9 Å². The summed E-state index contributed by atoms with van der Waals surface area (Å²) < 4.78 is 23.7. The van der Waals surface area contributed by atoms with E-state index < -0.39 is 39.1 Å². The molecule has 1 N–H and O–H groups in total. The molecule has 1 saturated heterocycles. The Morgan fingerprint density at radius 3 is 2.56 bits per heavy atom. The highest BCUT2D eigenvalue weighted by Crippen LogP contribution is 2.59. The van der Waals surface area contributed by atoms with Crippen LogP contribution in [0.25, 0.3) is 0 Å². The molecule has 0 radical (unpaired) electrons. The second-order valence-corrected chi connectivity index (χ2v) is 9.73. The summed E-state index contributed by atoms with van der Waals surface area (Å²) in [6, 6.07) is 3.16. The summed E-state index contributed by atoms with van der Waals surface area (Å²) in [5.41, 5.74) is 0.179. The van der Waals surface area contributed by atoms with Crippen molar-refractivity contribution in [1.29, 1.82) is 0 Å². The molecule has 1 aliphatic carbocycles. The zero-order chi connectivity index (χ0) is 18.4. The third-order valence-electron chi connectivity index (χ3n) is 5.37. The van der Waals surface area contributed by atoms with Crippen LogP contribution >= 0.6 is 0 Å². The van der Waals surface area contributed by atoms with Crippen LogP contribution in [-0.2, 0) is 26.0 Å². The summed E-state index contributed by atoms with van der Waals surface area (Å²) in [7, 11) is -3.16. The second kappa shape index (κ2) is 6.09. The van der Waals surface area contributed by atoms with E-state index in [1.54, 1.807) is 37.2 Å². The molecule has 0 spiro atoms. The number of amides is 1. The van der Waals surface area contributed by atoms with Crippen molar-refractivity contribution in [2.45, 2.75) is 32.9 Å². The molecule has 2 aliphatic rings. The van der Waals surface area contributed by atoms with E-state index in [4.69, 9.17) is 0 Å². The largest absolute Gasteiger partial charge is 0.481 e. The van der Waals surface area contributed by atoms with Crippen LogP contribution in [0.5, 0.6) is 0 Å². The molecule has 0 bridgehead atoms. The molecule has 1 aromatic heterocycles. The van der Waals surface area contributed by atoms with Crippen molar-refractivity contribution >= 4 is 21.7 Å². The predicted molar refractivity (Wildman–Crippen MR) is 90.2 cm³/mol. The van der Waals surface area contributed by atoms with E-state index in [1.165, 1.54) is 0 Å². The first-order valence-electron chi connectivity index (χ1n) is 8.26. The van der Waals surface area contributed by atoms with Crippen molar-refractivity contribution in [3.05, 3.63) is 30.1 Å². The van der Waals surface area contributed by atoms with Crippen LogP contribution in [0.15, 0.2) is 24.5 Å². The lowest BCUT2D eigenvalue weighted by Gasteiger charge is -2.29. The maximum absolute atomic E-state index is 13.1. The highest BCUT2D eigenvalue weighted by Gasteiger charge is 2.67. The molecule has 1 amide bonds. The first-order valence-corrected chi connectivity index (χ1v) is 10.1. The molecular formula is C17H22N2O5S. The maximum Gasteiger partial charge on any atom is 0.307 e. The Balaban J connectivity index is 1.86. The van der Waals surface area contributed by atoms with Gasteiger partial charge >= 0.3 is 5.97 Å². The number of carboxylic acids is 1. The quantitative estimate of drug-likeness (QED) is 0.832. The van der Waals surface area contributed by atoms with Gasteiger partial charge in [0, 0.05) is 25.0 Å². The van der Waals surface area contributed by atoms with Crippen LogP contribution < -0.4 is 0 Å². The molecule has 0 aromatic carbocycles. The van der Waals surface area contributed by atoms with Gasteiger partial charge in [0.05, 0.1) is 23.3 Å². The van der Waals surface area contributed by atoms with Gasteiger partial charge in [0.25, 0.3) is 0 Å². The maximum atomic E-state index is 13.1. The van der Waals surface area contributed by atoms with E-state index in [0.29, 0.717) is 6.42 Å². The van der Waals surface area contributed by atoms with Gasteiger partial charge in [0.1, 0.15) is 0 Å². The molecule has 25 heavy (non-hydrogen) atoms. The van der Waals surface area contributed by atoms with Gasteiger partial charge in [0.2, 0.25) is 5.91 Å². The SMILES string of the molecule is CC1(C)[C@H](C(=O)O)[C@@H]1C(=O)N(Cc1cccnc1)C1CCS(=O)(=O)C1. The van der Waals surface area contributed by atoms with Gasteiger partial charge < -0.3 is 10.0 Å². The molecule has 3 atom stereocenters. The van der Waals surface area contributed by atoms with Gasteiger partial charge in [-0.3, -0.25) is 14.6 Å². The highest BCUT2D eigenvalue weighted by molar-refractivity contribution is 7.91. The van der Waals surface area contributed by atoms with E-state index >= 15 is 0 Å². The molecular weight excluding hydrogens is 344 g/mol. The molecule has 8 heteroatoms. The Bertz CT molecular complexity index is 791. The summed E-state index contributed by atoms with van der Waals surface area (Å²) >= 11 is 0. The molecule has 2 fully saturated rings. The Hall–Kier alpha value is -1.96. The number of pyridine rings is 1. The minimum Gasteiger partial charge on any atom is -0.481 e. The number of carbonyl (C=O) groups is 2. The number of carboxylic acid groups (broad SMARTS) is 1. The molecule has 1 unspecified atom stereocenters. The summed E-state index contributed by atoms with van der Waals surface area (Å²) in [5, 5.41) is 9.35. The Morgan fingerprint density at radius 1 is 1.36 bits per heavy atom. The number of sulfone groups is 1. The Kier molecular flexibility index (Phi) is 4.35. The summed E-state index contributed by atoms with van der Waals surface area (Å²) in [6.45, 7) is 3.77. The van der Waals surface area contributed by atoms with E-state index in [0.717, 1.165) is 5.56 Å². The number of hydrogen-bond donors (Lipinski definition) is 1. The fourth-order valence-electron chi connectivity index (χ4n) is 3.83. The number of rotatable bonds is 5. The molecule has 3 rings (SSSR count). The van der Waals surface area contributed by atoms with Crippen molar-refractivity contribution in [1.82, 2.24) is 9.88 Å². The fraction of sp³-hybridized carbons (Fsp3) is 0.588. The average Bonchev–Trinajstić information content (AvgIpc) is 2.94. The first kappa shape index (κ1) is 17.8. The van der Waals surface area contributed by atoms with Gasteiger partial charge in [-0.05, 0) is 23.5 Å². The van der Waals surface area contributed by atoms with Gasteiger partial charge in [-0.25, -0.2) is 8.42 Å². The molecule has 2 heterocycles. The summed E-state index contributed by atoms with van der Waals surface area (Å²) in [6.07, 6.45) is 3.65. The molecule has 1 saturated carbocycles. The van der Waals surface area contributed by atoms with Crippen LogP contribution in [0.2, 0.25) is 0 Å². The molecule has 1 aromatic rings. The lowest BCUT2D eigenvalue weighted by molar-refractivity contribution is -0.142. The molecule has 7 nitrogen and oxygen atoms in total. The third kappa shape index (κ3) is 3.40. The van der Waals surface area contributed by atoms with E-state index in [1.807, 2.05) is 6.07 Å². The number of hydrogen-bond acceptors (Lipinski definition) is 5. The molecule has 136 valence electrons. The van der Waals surface area contributed by atoms with Crippen LogP contribution in [0, 0.1) is 17.3 Å². The number of aromatic nitrogens is 1. The van der Waals surface area contributed by atoms with E-state index in [9.17, 15) is 23.1 Å².